The summed E-state index contributed by atoms with van der Waals surface area (Å²) in [7, 11) is -2.29. The molecular weight excluding hydrogens is 288 g/mol. The van der Waals surface area contributed by atoms with Crippen molar-refractivity contribution in [2.45, 2.75) is 11.3 Å². The molecular formula is C16H16O4S. The summed E-state index contributed by atoms with van der Waals surface area (Å²) in [5, 5.41) is 0. The predicted octanol–water partition coefficient (Wildman–Crippen LogP) is 2.28. The first-order valence-corrected chi connectivity index (χ1v) is 8.09. The number of methoxy groups -OCH3 is 1. The maximum Gasteiger partial charge on any atom is 0.189 e. The van der Waals surface area contributed by atoms with Crippen LogP contribution in [-0.4, -0.2) is 27.1 Å². The summed E-state index contributed by atoms with van der Waals surface area (Å²) in [5.41, 5.74) is 0.803. The van der Waals surface area contributed by atoms with E-state index in [1.54, 1.807) is 30.3 Å². The van der Waals surface area contributed by atoms with E-state index < -0.39 is 15.6 Å². The molecule has 2 aromatic rings. The lowest BCUT2D eigenvalue weighted by atomic mass is 10.1. The Balaban J connectivity index is 2.16. The molecule has 0 aliphatic rings. The van der Waals surface area contributed by atoms with Gasteiger partial charge in [-0.3, -0.25) is 4.79 Å². The fraction of sp³-hybridized carbons (Fsp3) is 0.188. The lowest BCUT2D eigenvalue weighted by molar-refractivity contribution is -0.116. The molecule has 0 amide bonds. The third-order valence-corrected chi connectivity index (χ3v) is 4.71. The van der Waals surface area contributed by atoms with Crippen molar-refractivity contribution < 1.29 is 17.9 Å². The number of benzene rings is 2. The normalized spacial score (nSPS) is 11.1. The van der Waals surface area contributed by atoms with Crippen LogP contribution < -0.4 is 4.74 Å². The second kappa shape index (κ2) is 6.54. The minimum Gasteiger partial charge on any atom is -0.495 e. The zero-order valence-electron chi connectivity index (χ0n) is 11.7. The summed E-state index contributed by atoms with van der Waals surface area (Å²) < 4.78 is 29.7. The number of carbonyl (C=O) groups is 1. The van der Waals surface area contributed by atoms with Crippen LogP contribution in [0.3, 0.4) is 0 Å². The van der Waals surface area contributed by atoms with Crippen molar-refractivity contribution in [2.75, 3.05) is 12.9 Å². The van der Waals surface area contributed by atoms with Crippen molar-refractivity contribution in [3.8, 4) is 5.75 Å². The zero-order valence-corrected chi connectivity index (χ0v) is 12.5. The van der Waals surface area contributed by atoms with Gasteiger partial charge >= 0.3 is 0 Å². The highest BCUT2D eigenvalue weighted by Gasteiger charge is 2.22. The third kappa shape index (κ3) is 3.92. The monoisotopic (exact) mass is 304 g/mol. The molecule has 5 heteroatoms. The van der Waals surface area contributed by atoms with Gasteiger partial charge in [0.25, 0.3) is 0 Å². The smallest absolute Gasteiger partial charge is 0.189 e. The lowest BCUT2D eigenvalue weighted by Gasteiger charge is -2.08. The Morgan fingerprint density at radius 1 is 1.00 bits per heavy atom. The summed E-state index contributed by atoms with van der Waals surface area (Å²) in [6.45, 7) is 0. The molecule has 0 heterocycles. The van der Waals surface area contributed by atoms with Crippen LogP contribution in [0.25, 0.3) is 0 Å². The van der Waals surface area contributed by atoms with Crippen LogP contribution in [0.15, 0.2) is 59.5 Å². The van der Waals surface area contributed by atoms with Crippen LogP contribution >= 0.6 is 0 Å². The van der Waals surface area contributed by atoms with Crippen molar-refractivity contribution in [3.63, 3.8) is 0 Å². The van der Waals surface area contributed by atoms with Crippen LogP contribution in [0.1, 0.15) is 5.56 Å². The molecule has 110 valence electrons. The topological polar surface area (TPSA) is 60.4 Å². The van der Waals surface area contributed by atoms with E-state index in [1.807, 2.05) is 18.2 Å². The summed E-state index contributed by atoms with van der Waals surface area (Å²) in [4.78, 5) is 12.0. The van der Waals surface area contributed by atoms with Crippen LogP contribution in [0.5, 0.6) is 5.75 Å². The number of sulfone groups is 1. The maximum atomic E-state index is 12.3. The average Bonchev–Trinajstić information content (AvgIpc) is 2.47. The van der Waals surface area contributed by atoms with Crippen molar-refractivity contribution in [1.82, 2.24) is 0 Å². The fourth-order valence-electron chi connectivity index (χ4n) is 2.04. The number of ether oxygens (including phenoxy) is 1. The van der Waals surface area contributed by atoms with Gasteiger partial charge in [-0.05, 0) is 17.7 Å². The second-order valence-corrected chi connectivity index (χ2v) is 6.57. The maximum absolute atomic E-state index is 12.3. The standard InChI is InChI=1S/C16H16O4S/c1-20-15-9-5-6-10-16(15)21(18,19)12-14(17)11-13-7-3-2-4-8-13/h2-10H,11-12H2,1H3. The molecule has 0 spiro atoms. The molecule has 0 bridgehead atoms. The van der Waals surface area contributed by atoms with Crippen molar-refractivity contribution in [1.29, 1.82) is 0 Å². The summed E-state index contributed by atoms with van der Waals surface area (Å²) in [6, 6.07) is 15.4. The number of carbonyl (C=O) groups excluding carboxylic acids is 1. The molecule has 0 saturated heterocycles. The van der Waals surface area contributed by atoms with Gasteiger partial charge in [-0.25, -0.2) is 8.42 Å². The van der Waals surface area contributed by atoms with Crippen molar-refractivity contribution in [2.24, 2.45) is 0 Å². The number of hydrogen-bond donors (Lipinski definition) is 0. The number of para-hydroxylation sites is 1. The van der Waals surface area contributed by atoms with Gasteiger partial charge in [0, 0.05) is 6.42 Å². The Kier molecular flexibility index (Phi) is 4.75. The number of hydrogen-bond acceptors (Lipinski definition) is 4. The fourth-order valence-corrected chi connectivity index (χ4v) is 3.47. The van der Waals surface area contributed by atoms with Crippen molar-refractivity contribution >= 4 is 15.6 Å². The van der Waals surface area contributed by atoms with Gasteiger partial charge in [-0.1, -0.05) is 42.5 Å². The van der Waals surface area contributed by atoms with E-state index in [-0.39, 0.29) is 22.8 Å². The van der Waals surface area contributed by atoms with E-state index in [9.17, 15) is 13.2 Å². The van der Waals surface area contributed by atoms with E-state index in [0.29, 0.717) is 0 Å². The van der Waals surface area contributed by atoms with Gasteiger partial charge in [-0.2, -0.15) is 0 Å². The number of Topliss-reactive ketones (excluding diaryl/α,β-unsaturated/α-hetero) is 1. The molecule has 2 rings (SSSR count). The second-order valence-electron chi connectivity index (χ2n) is 4.61. The minimum atomic E-state index is -3.70. The molecule has 2 aromatic carbocycles. The zero-order chi connectivity index (χ0) is 15.3. The Labute approximate surface area is 124 Å². The first kappa shape index (κ1) is 15.3. The van der Waals surface area contributed by atoms with Gasteiger partial charge in [0.1, 0.15) is 16.4 Å². The molecule has 0 unspecified atom stereocenters. The SMILES string of the molecule is COc1ccccc1S(=O)(=O)CC(=O)Cc1ccccc1. The summed E-state index contributed by atoms with van der Waals surface area (Å²) >= 11 is 0. The van der Waals surface area contributed by atoms with Gasteiger partial charge in [0.2, 0.25) is 0 Å². The Hall–Kier alpha value is -2.14. The predicted molar refractivity (Wildman–Crippen MR) is 80.2 cm³/mol. The third-order valence-electron chi connectivity index (χ3n) is 3.00. The van der Waals surface area contributed by atoms with Gasteiger partial charge < -0.3 is 4.74 Å². The van der Waals surface area contributed by atoms with Crippen LogP contribution in [0, 0.1) is 0 Å². The average molecular weight is 304 g/mol. The molecule has 0 aromatic heterocycles. The highest BCUT2D eigenvalue weighted by Crippen LogP contribution is 2.24. The Morgan fingerprint density at radius 3 is 2.29 bits per heavy atom. The first-order chi connectivity index (χ1) is 10.0. The van der Waals surface area contributed by atoms with Crippen LogP contribution in [0.2, 0.25) is 0 Å². The first-order valence-electron chi connectivity index (χ1n) is 6.44. The number of rotatable bonds is 6. The summed E-state index contributed by atoms with van der Waals surface area (Å²) in [5.74, 6) is -0.612. The van der Waals surface area contributed by atoms with Crippen LogP contribution in [-0.2, 0) is 21.1 Å². The van der Waals surface area contributed by atoms with Gasteiger partial charge in [0.15, 0.2) is 15.6 Å². The van der Waals surface area contributed by atoms with E-state index in [2.05, 4.69) is 0 Å². The van der Waals surface area contributed by atoms with Gasteiger partial charge in [-0.15, -0.1) is 0 Å². The molecule has 0 aliphatic heterocycles. The van der Waals surface area contributed by atoms with Crippen molar-refractivity contribution in [3.05, 3.63) is 60.2 Å². The largest absolute Gasteiger partial charge is 0.495 e. The van der Waals surface area contributed by atoms with E-state index in [1.165, 1.54) is 13.2 Å². The Bertz CT molecular complexity index is 721. The quantitative estimate of drug-likeness (QED) is 0.821. The highest BCUT2D eigenvalue weighted by molar-refractivity contribution is 7.92. The molecule has 0 fully saturated rings. The molecule has 21 heavy (non-hydrogen) atoms. The van der Waals surface area contributed by atoms with E-state index >= 15 is 0 Å². The summed E-state index contributed by atoms with van der Waals surface area (Å²) in [6.07, 6.45) is 0.106. The molecule has 0 saturated carbocycles. The molecule has 0 atom stereocenters. The molecule has 4 nitrogen and oxygen atoms in total. The molecule has 0 N–H and O–H groups in total. The van der Waals surface area contributed by atoms with E-state index in [0.717, 1.165) is 5.56 Å². The molecule has 0 aliphatic carbocycles. The highest BCUT2D eigenvalue weighted by atomic mass is 32.2. The van der Waals surface area contributed by atoms with Gasteiger partial charge in [0.05, 0.1) is 7.11 Å². The lowest BCUT2D eigenvalue weighted by Crippen LogP contribution is -2.18. The molecule has 0 radical (unpaired) electrons. The number of ketones is 1. The van der Waals surface area contributed by atoms with Crippen LogP contribution in [0.4, 0.5) is 0 Å². The van der Waals surface area contributed by atoms with E-state index in [4.69, 9.17) is 4.74 Å². The minimum absolute atomic E-state index is 0.0499. The Morgan fingerprint density at radius 2 is 1.62 bits per heavy atom.